The van der Waals surface area contributed by atoms with Gasteiger partial charge in [-0.15, -0.1) is 0 Å². The standard InChI is InChI=1S/C30H31N.C17H14.C7H12/c1-6-8-9-12-22(5)25-17-23(7-2)18-26(19-25)31-29-14-11-10-13-27(29)28-20-24(21(3)4)15-16-30(28)31;1-3-13-12(2)14-8-4-5-10-16(14)17-11-7-6-9-15(13)17;1-3-5-7-6-4-2/h6,8-21H,5,7H2,1-4H3;3-11H,1H2,2H3;3,5-7H,4H2,1-2H3/b8-6-,12-9-;;5-3-,7-6-. The normalized spacial score (nSPS) is 11.7. The number of nitrogens with zero attached hydrogens (tertiary/aromatic N) is 1. The van der Waals surface area contributed by atoms with Crippen molar-refractivity contribution in [1.82, 2.24) is 4.57 Å². The minimum atomic E-state index is 0.508. The lowest BCUT2D eigenvalue weighted by atomic mass is 9.92. The Morgan fingerprint density at radius 3 is 1.89 bits per heavy atom. The molecule has 0 atom stereocenters. The SMILES string of the molecule is C/C=C\C=C/CC.C=C(/C=C\C=C/C)c1cc(CC)cc(-n2c3ccccc3c3cc(C(C)C)ccc32)c1.C=Cc1c(C)c2ccccc2c2ccccc12. The number of fused-ring (bicyclic) bond motifs is 6. The summed E-state index contributed by atoms with van der Waals surface area (Å²) >= 11 is 0. The van der Waals surface area contributed by atoms with Gasteiger partial charge in [0, 0.05) is 16.5 Å². The molecule has 1 aromatic heterocycles. The van der Waals surface area contributed by atoms with Crippen LogP contribution in [0.3, 0.4) is 0 Å². The molecule has 1 heteroatoms. The Morgan fingerprint density at radius 1 is 0.655 bits per heavy atom. The third-order valence-electron chi connectivity index (χ3n) is 10.1. The van der Waals surface area contributed by atoms with Gasteiger partial charge >= 0.3 is 0 Å². The number of benzene rings is 6. The van der Waals surface area contributed by atoms with E-state index in [2.05, 4.69) is 186 Å². The van der Waals surface area contributed by atoms with Gasteiger partial charge in [-0.3, -0.25) is 0 Å². The van der Waals surface area contributed by atoms with Crippen LogP contribution in [0.2, 0.25) is 0 Å². The highest BCUT2D eigenvalue weighted by Crippen LogP contribution is 2.36. The second kappa shape index (κ2) is 19.4. The van der Waals surface area contributed by atoms with Crippen molar-refractivity contribution in [2.24, 2.45) is 0 Å². The average Bonchev–Trinajstić information content (AvgIpc) is 3.55. The third kappa shape index (κ3) is 9.25. The van der Waals surface area contributed by atoms with E-state index in [0.717, 1.165) is 18.4 Å². The number of rotatable bonds is 9. The summed E-state index contributed by atoms with van der Waals surface area (Å²) < 4.78 is 2.40. The molecule has 1 heterocycles. The molecule has 1 nitrogen and oxygen atoms in total. The van der Waals surface area contributed by atoms with Crippen molar-refractivity contribution in [2.75, 3.05) is 0 Å². The van der Waals surface area contributed by atoms with Crippen molar-refractivity contribution in [3.05, 3.63) is 199 Å². The zero-order chi connectivity index (χ0) is 39.3. The molecule has 6 aromatic carbocycles. The zero-order valence-corrected chi connectivity index (χ0v) is 33.9. The number of para-hydroxylation sites is 1. The Bertz CT molecular complexity index is 2540. The summed E-state index contributed by atoms with van der Waals surface area (Å²) in [5.41, 5.74) is 11.1. The Hall–Kier alpha value is -5.92. The Morgan fingerprint density at radius 2 is 1.25 bits per heavy atom. The molecule has 0 N–H and O–H groups in total. The highest BCUT2D eigenvalue weighted by atomic mass is 15.0. The van der Waals surface area contributed by atoms with Crippen LogP contribution in [0.4, 0.5) is 0 Å². The second-order valence-electron chi connectivity index (χ2n) is 14.1. The Kier molecular flexibility index (Phi) is 14.2. The van der Waals surface area contributed by atoms with Crippen molar-refractivity contribution in [3.8, 4) is 5.69 Å². The van der Waals surface area contributed by atoms with Crippen LogP contribution in [0.5, 0.6) is 0 Å². The van der Waals surface area contributed by atoms with Crippen LogP contribution in [-0.4, -0.2) is 4.57 Å². The van der Waals surface area contributed by atoms with Gasteiger partial charge in [0.25, 0.3) is 0 Å². The first-order valence-corrected chi connectivity index (χ1v) is 19.7. The van der Waals surface area contributed by atoms with Crippen molar-refractivity contribution in [3.63, 3.8) is 0 Å². The topological polar surface area (TPSA) is 4.93 Å². The molecule has 0 aliphatic rings. The molecule has 0 radical (unpaired) electrons. The second-order valence-corrected chi connectivity index (χ2v) is 14.1. The summed E-state index contributed by atoms with van der Waals surface area (Å²) in [7, 11) is 0. The summed E-state index contributed by atoms with van der Waals surface area (Å²) in [4.78, 5) is 0. The van der Waals surface area contributed by atoms with E-state index in [0.29, 0.717) is 5.92 Å². The van der Waals surface area contributed by atoms with E-state index >= 15 is 0 Å². The first kappa shape index (κ1) is 40.3. The van der Waals surface area contributed by atoms with E-state index in [1.807, 2.05) is 44.2 Å². The number of aryl methyl sites for hydroxylation is 2. The molecule has 55 heavy (non-hydrogen) atoms. The number of hydrogen-bond acceptors (Lipinski definition) is 0. The molecule has 0 fully saturated rings. The van der Waals surface area contributed by atoms with E-state index in [1.54, 1.807) is 0 Å². The number of aromatic nitrogens is 1. The maximum atomic E-state index is 4.32. The Labute approximate surface area is 330 Å². The van der Waals surface area contributed by atoms with Crippen LogP contribution in [-0.2, 0) is 6.42 Å². The molecule has 0 bridgehead atoms. The number of allylic oxidation sites excluding steroid dienone is 9. The molecular weight excluding hydrogens is 663 g/mol. The van der Waals surface area contributed by atoms with E-state index in [9.17, 15) is 0 Å². The lowest BCUT2D eigenvalue weighted by Crippen LogP contribution is -1.98. The molecule has 0 saturated heterocycles. The molecule has 0 spiro atoms. The molecule has 0 aliphatic carbocycles. The largest absolute Gasteiger partial charge is 0.309 e. The molecule has 0 saturated carbocycles. The fourth-order valence-electron chi connectivity index (χ4n) is 7.13. The molecule has 7 rings (SSSR count). The first-order valence-electron chi connectivity index (χ1n) is 19.7. The molecule has 278 valence electrons. The van der Waals surface area contributed by atoms with Gasteiger partial charge in [0.2, 0.25) is 0 Å². The highest BCUT2D eigenvalue weighted by molar-refractivity contribution is 6.12. The predicted molar refractivity (Wildman–Crippen MR) is 248 cm³/mol. The smallest absolute Gasteiger partial charge is 0.0541 e. The van der Waals surface area contributed by atoms with Crippen LogP contribution in [0.25, 0.3) is 60.7 Å². The van der Waals surface area contributed by atoms with Gasteiger partial charge in [-0.05, 0) is 125 Å². The van der Waals surface area contributed by atoms with Crippen LogP contribution < -0.4 is 0 Å². The van der Waals surface area contributed by atoms with Crippen molar-refractivity contribution in [1.29, 1.82) is 0 Å². The van der Waals surface area contributed by atoms with Gasteiger partial charge in [0.15, 0.2) is 0 Å². The van der Waals surface area contributed by atoms with Gasteiger partial charge < -0.3 is 4.57 Å². The fourth-order valence-corrected chi connectivity index (χ4v) is 7.13. The van der Waals surface area contributed by atoms with Crippen LogP contribution in [0.15, 0.2) is 171 Å². The quantitative estimate of drug-likeness (QED) is 0.103. The van der Waals surface area contributed by atoms with Crippen molar-refractivity contribution >= 4 is 55.0 Å². The third-order valence-corrected chi connectivity index (χ3v) is 10.1. The molecule has 0 aliphatic heterocycles. The van der Waals surface area contributed by atoms with Gasteiger partial charge in [-0.1, -0.05) is 174 Å². The van der Waals surface area contributed by atoms with Crippen LogP contribution >= 0.6 is 0 Å². The van der Waals surface area contributed by atoms with E-state index in [4.69, 9.17) is 0 Å². The van der Waals surface area contributed by atoms with Gasteiger partial charge in [0.05, 0.1) is 11.0 Å². The van der Waals surface area contributed by atoms with Crippen molar-refractivity contribution < 1.29 is 0 Å². The summed E-state index contributed by atoms with van der Waals surface area (Å²) in [6, 6.07) is 39.6. The summed E-state index contributed by atoms with van der Waals surface area (Å²) in [5.74, 6) is 0.508. The molecule has 7 aromatic rings. The summed E-state index contributed by atoms with van der Waals surface area (Å²) in [6.07, 6.45) is 20.5. The average molecular weight is 720 g/mol. The van der Waals surface area contributed by atoms with Crippen LogP contribution in [0, 0.1) is 6.92 Å². The van der Waals surface area contributed by atoms with E-state index < -0.39 is 0 Å². The summed E-state index contributed by atoms with van der Waals surface area (Å²) in [6.45, 7) is 23.3. The monoisotopic (exact) mass is 719 g/mol. The lowest BCUT2D eigenvalue weighted by Gasteiger charge is -2.13. The van der Waals surface area contributed by atoms with E-state index in [-0.39, 0.29) is 0 Å². The molecular formula is C54H57N. The van der Waals surface area contributed by atoms with Gasteiger partial charge in [-0.25, -0.2) is 0 Å². The maximum absolute atomic E-state index is 4.32. The molecule has 0 unspecified atom stereocenters. The van der Waals surface area contributed by atoms with Crippen LogP contribution in [0.1, 0.15) is 81.7 Å². The van der Waals surface area contributed by atoms with E-state index in [1.165, 1.54) is 76.9 Å². The van der Waals surface area contributed by atoms with Gasteiger partial charge in [-0.2, -0.15) is 0 Å². The number of hydrogen-bond donors (Lipinski definition) is 0. The zero-order valence-electron chi connectivity index (χ0n) is 33.9. The summed E-state index contributed by atoms with van der Waals surface area (Å²) in [5, 5.41) is 7.86. The molecule has 0 amide bonds. The minimum absolute atomic E-state index is 0.508. The lowest BCUT2D eigenvalue weighted by molar-refractivity contribution is 0.868. The fraction of sp³-hybridized carbons (Fsp3) is 0.185. The first-order chi connectivity index (χ1) is 26.8. The highest BCUT2D eigenvalue weighted by Gasteiger charge is 2.15. The maximum Gasteiger partial charge on any atom is 0.0541 e. The Balaban J connectivity index is 0.000000201. The predicted octanol–water partition coefficient (Wildman–Crippen LogP) is 16.1. The van der Waals surface area contributed by atoms with Gasteiger partial charge in [0.1, 0.15) is 0 Å². The van der Waals surface area contributed by atoms with Crippen molar-refractivity contribution in [2.45, 2.75) is 67.2 Å². The minimum Gasteiger partial charge on any atom is -0.309 e.